The van der Waals surface area contributed by atoms with Crippen LogP contribution in [0.25, 0.3) is 11.1 Å². The number of aromatic amines is 1. The highest BCUT2D eigenvalue weighted by molar-refractivity contribution is 7.89. The molecule has 19 heavy (non-hydrogen) atoms. The molecule has 1 aromatic heterocycles. The summed E-state index contributed by atoms with van der Waals surface area (Å²) in [5.41, 5.74) is 1.07. The largest absolute Gasteiger partial charge is 0.344 e. The lowest BCUT2D eigenvalue weighted by atomic mass is 10.1. The van der Waals surface area contributed by atoms with Crippen LogP contribution in [-0.2, 0) is 10.0 Å². The molecule has 0 aliphatic carbocycles. The second-order valence-electron chi connectivity index (χ2n) is 4.12. The molecule has 0 atom stereocenters. The van der Waals surface area contributed by atoms with Gasteiger partial charge in [0, 0.05) is 32.1 Å². The molecule has 1 N–H and O–H groups in total. The standard InChI is InChI=1S/C12H13N3O3S/c1-15(2)19(17,18)11-5-3-9(4-6-11)10-7-13-12(16)14-8-10/h3-8H,1-2H3,(H,13,14,16). The van der Waals surface area contributed by atoms with Gasteiger partial charge in [0.2, 0.25) is 10.0 Å². The van der Waals surface area contributed by atoms with E-state index in [1.54, 1.807) is 12.1 Å². The first-order valence-corrected chi connectivity index (χ1v) is 6.93. The van der Waals surface area contributed by atoms with Crippen molar-refractivity contribution in [1.29, 1.82) is 0 Å². The smallest absolute Gasteiger partial charge is 0.312 e. The maximum atomic E-state index is 11.9. The van der Waals surface area contributed by atoms with Crippen LogP contribution in [0.2, 0.25) is 0 Å². The number of nitrogens with zero attached hydrogens (tertiary/aromatic N) is 2. The van der Waals surface area contributed by atoms with Crippen LogP contribution in [0.15, 0.2) is 46.3 Å². The fourth-order valence-electron chi connectivity index (χ4n) is 1.53. The van der Waals surface area contributed by atoms with Crippen molar-refractivity contribution in [2.75, 3.05) is 14.1 Å². The first-order chi connectivity index (χ1) is 8.91. The predicted octanol–water partition coefficient (Wildman–Crippen LogP) is 0.687. The molecule has 2 aromatic rings. The van der Waals surface area contributed by atoms with Crippen LogP contribution in [0.5, 0.6) is 0 Å². The van der Waals surface area contributed by atoms with Crippen LogP contribution in [-0.4, -0.2) is 36.8 Å². The van der Waals surface area contributed by atoms with Crippen LogP contribution in [0.1, 0.15) is 0 Å². The van der Waals surface area contributed by atoms with Crippen molar-refractivity contribution in [2.45, 2.75) is 4.90 Å². The number of benzene rings is 1. The van der Waals surface area contributed by atoms with E-state index in [1.165, 1.54) is 38.6 Å². The van der Waals surface area contributed by atoms with Crippen molar-refractivity contribution in [1.82, 2.24) is 14.3 Å². The molecule has 2 rings (SSSR count). The van der Waals surface area contributed by atoms with E-state index in [0.717, 1.165) is 9.87 Å². The van der Waals surface area contributed by atoms with Gasteiger partial charge in [0.25, 0.3) is 0 Å². The van der Waals surface area contributed by atoms with Gasteiger partial charge in [-0.05, 0) is 17.7 Å². The van der Waals surface area contributed by atoms with Crippen molar-refractivity contribution in [3.8, 4) is 11.1 Å². The van der Waals surface area contributed by atoms with Crippen LogP contribution in [0.4, 0.5) is 0 Å². The lowest BCUT2D eigenvalue weighted by Crippen LogP contribution is -2.22. The molecule has 0 saturated heterocycles. The minimum absolute atomic E-state index is 0.221. The molecule has 1 heterocycles. The van der Waals surface area contributed by atoms with Gasteiger partial charge in [0.15, 0.2) is 0 Å². The summed E-state index contributed by atoms with van der Waals surface area (Å²) in [5.74, 6) is 0. The second kappa shape index (κ2) is 4.94. The molecule has 1 aromatic carbocycles. The first kappa shape index (κ1) is 13.4. The molecule has 0 fully saturated rings. The number of H-pyrrole nitrogens is 1. The molecule has 0 radical (unpaired) electrons. The molecule has 0 saturated carbocycles. The lowest BCUT2D eigenvalue weighted by Gasteiger charge is -2.11. The number of hydrogen-bond acceptors (Lipinski definition) is 4. The van der Waals surface area contributed by atoms with Gasteiger partial charge < -0.3 is 4.98 Å². The molecule has 100 valence electrons. The van der Waals surface area contributed by atoms with E-state index in [-0.39, 0.29) is 4.90 Å². The van der Waals surface area contributed by atoms with Gasteiger partial charge in [-0.1, -0.05) is 12.1 Å². The molecule has 0 bridgehead atoms. The highest BCUT2D eigenvalue weighted by Gasteiger charge is 2.16. The monoisotopic (exact) mass is 279 g/mol. The van der Waals surface area contributed by atoms with E-state index in [9.17, 15) is 13.2 Å². The zero-order valence-corrected chi connectivity index (χ0v) is 11.3. The Labute approximate surface area is 110 Å². The third kappa shape index (κ3) is 2.72. The van der Waals surface area contributed by atoms with Crippen molar-refractivity contribution < 1.29 is 8.42 Å². The van der Waals surface area contributed by atoms with E-state index in [2.05, 4.69) is 9.97 Å². The van der Waals surface area contributed by atoms with E-state index in [4.69, 9.17) is 0 Å². The summed E-state index contributed by atoms with van der Waals surface area (Å²) in [5, 5.41) is 0. The molecule has 0 aliphatic rings. The van der Waals surface area contributed by atoms with E-state index < -0.39 is 15.7 Å². The molecule has 7 heteroatoms. The SMILES string of the molecule is CN(C)S(=O)(=O)c1ccc(-c2cnc(=O)[nH]c2)cc1. The van der Waals surface area contributed by atoms with E-state index >= 15 is 0 Å². The quantitative estimate of drug-likeness (QED) is 0.896. The molecular formula is C12H13N3O3S. The summed E-state index contributed by atoms with van der Waals surface area (Å²) in [6, 6.07) is 6.39. The number of aromatic nitrogens is 2. The Morgan fingerprint density at radius 3 is 2.21 bits per heavy atom. The van der Waals surface area contributed by atoms with Crippen molar-refractivity contribution in [2.24, 2.45) is 0 Å². The Morgan fingerprint density at radius 2 is 1.74 bits per heavy atom. The second-order valence-corrected chi connectivity index (χ2v) is 6.27. The molecule has 0 amide bonds. The lowest BCUT2D eigenvalue weighted by molar-refractivity contribution is 0.521. The van der Waals surface area contributed by atoms with Crippen molar-refractivity contribution >= 4 is 10.0 Å². The van der Waals surface area contributed by atoms with Gasteiger partial charge in [0.05, 0.1) is 4.90 Å². The number of hydrogen-bond donors (Lipinski definition) is 1. The molecule has 0 unspecified atom stereocenters. The van der Waals surface area contributed by atoms with Gasteiger partial charge in [-0.3, -0.25) is 0 Å². The molecular weight excluding hydrogens is 266 g/mol. The first-order valence-electron chi connectivity index (χ1n) is 5.49. The number of rotatable bonds is 3. The predicted molar refractivity (Wildman–Crippen MR) is 71.2 cm³/mol. The maximum Gasteiger partial charge on any atom is 0.344 e. The fraction of sp³-hybridized carbons (Fsp3) is 0.167. The van der Waals surface area contributed by atoms with Crippen LogP contribution >= 0.6 is 0 Å². The molecule has 0 aliphatic heterocycles. The highest BCUT2D eigenvalue weighted by Crippen LogP contribution is 2.20. The van der Waals surface area contributed by atoms with Crippen LogP contribution in [0.3, 0.4) is 0 Å². The van der Waals surface area contributed by atoms with Gasteiger partial charge in [-0.25, -0.2) is 22.5 Å². The highest BCUT2D eigenvalue weighted by atomic mass is 32.2. The summed E-state index contributed by atoms with van der Waals surface area (Å²) in [7, 11) is -0.460. The minimum Gasteiger partial charge on any atom is -0.312 e. The Morgan fingerprint density at radius 1 is 1.11 bits per heavy atom. The molecule has 6 nitrogen and oxygen atoms in total. The van der Waals surface area contributed by atoms with Crippen LogP contribution in [0, 0.1) is 0 Å². The summed E-state index contributed by atoms with van der Waals surface area (Å²) < 4.78 is 24.9. The number of nitrogens with one attached hydrogen (secondary N) is 1. The van der Waals surface area contributed by atoms with Gasteiger partial charge in [0.1, 0.15) is 0 Å². The topological polar surface area (TPSA) is 83.1 Å². The van der Waals surface area contributed by atoms with Crippen LogP contribution < -0.4 is 5.69 Å². The molecule has 0 spiro atoms. The summed E-state index contributed by atoms with van der Waals surface area (Å²) in [6.45, 7) is 0. The zero-order valence-electron chi connectivity index (χ0n) is 10.5. The average molecular weight is 279 g/mol. The van der Waals surface area contributed by atoms with E-state index in [1.807, 2.05) is 0 Å². The van der Waals surface area contributed by atoms with E-state index in [0.29, 0.717) is 5.56 Å². The third-order valence-electron chi connectivity index (χ3n) is 2.64. The van der Waals surface area contributed by atoms with Gasteiger partial charge in [-0.15, -0.1) is 0 Å². The minimum atomic E-state index is -3.42. The van der Waals surface area contributed by atoms with Gasteiger partial charge >= 0.3 is 5.69 Å². The Bertz CT molecular complexity index is 713. The number of sulfonamides is 1. The summed E-state index contributed by atoms with van der Waals surface area (Å²) >= 11 is 0. The maximum absolute atomic E-state index is 11.9. The average Bonchev–Trinajstić information content (AvgIpc) is 2.39. The Kier molecular flexibility index (Phi) is 3.50. The Balaban J connectivity index is 2.39. The summed E-state index contributed by atoms with van der Waals surface area (Å²) in [4.78, 5) is 17.2. The third-order valence-corrected chi connectivity index (χ3v) is 4.47. The normalized spacial score (nSPS) is 11.7. The zero-order chi connectivity index (χ0) is 14.0. The summed E-state index contributed by atoms with van der Waals surface area (Å²) in [6.07, 6.45) is 2.97. The Hall–Kier alpha value is -1.99. The van der Waals surface area contributed by atoms with Gasteiger partial charge in [-0.2, -0.15) is 0 Å². The van der Waals surface area contributed by atoms with Crippen molar-refractivity contribution in [3.05, 3.63) is 47.1 Å². The fourth-order valence-corrected chi connectivity index (χ4v) is 2.43. The van der Waals surface area contributed by atoms with Crippen molar-refractivity contribution in [3.63, 3.8) is 0 Å².